The Morgan fingerprint density at radius 2 is 1.90 bits per heavy atom. The quantitative estimate of drug-likeness (QED) is 0.523. The highest BCUT2D eigenvalue weighted by molar-refractivity contribution is 6.32. The SMILES string of the molecule is CCC1=C(C)/C(=C/c2ccc(C(=O)Nc3ccc(O)c(Cl)c3)cc2)CCC1(C)C. The van der Waals surface area contributed by atoms with E-state index in [1.165, 1.54) is 23.3 Å². The smallest absolute Gasteiger partial charge is 0.255 e. The Morgan fingerprint density at radius 3 is 2.52 bits per heavy atom. The first-order valence-electron chi connectivity index (χ1n) is 10.0. The molecule has 4 heteroatoms. The van der Waals surface area contributed by atoms with Gasteiger partial charge in [0.25, 0.3) is 5.91 Å². The van der Waals surface area contributed by atoms with Crippen molar-refractivity contribution in [1.29, 1.82) is 0 Å². The highest BCUT2D eigenvalue weighted by Gasteiger charge is 2.29. The summed E-state index contributed by atoms with van der Waals surface area (Å²) in [4.78, 5) is 12.5. The molecule has 0 fully saturated rings. The maximum atomic E-state index is 12.5. The van der Waals surface area contributed by atoms with Crippen LogP contribution in [-0.2, 0) is 0 Å². The molecule has 1 aliphatic rings. The molecule has 2 aromatic rings. The van der Waals surface area contributed by atoms with Crippen LogP contribution in [0.15, 0.2) is 59.2 Å². The molecule has 0 atom stereocenters. The number of carbonyl (C=O) groups is 1. The van der Waals surface area contributed by atoms with Gasteiger partial charge >= 0.3 is 0 Å². The van der Waals surface area contributed by atoms with Gasteiger partial charge in [-0.05, 0) is 78.6 Å². The molecule has 0 aromatic heterocycles. The fraction of sp³-hybridized carbons (Fsp3) is 0.320. The van der Waals surface area contributed by atoms with E-state index in [-0.39, 0.29) is 22.1 Å². The first-order chi connectivity index (χ1) is 13.7. The van der Waals surface area contributed by atoms with Crippen molar-refractivity contribution in [3.63, 3.8) is 0 Å². The summed E-state index contributed by atoms with van der Waals surface area (Å²) in [7, 11) is 0. The van der Waals surface area contributed by atoms with Crippen LogP contribution in [0, 0.1) is 5.41 Å². The third-order valence-electron chi connectivity index (χ3n) is 5.84. The Hall–Kier alpha value is -2.52. The third kappa shape index (κ3) is 4.73. The molecule has 0 heterocycles. The zero-order valence-corrected chi connectivity index (χ0v) is 18.2. The first-order valence-corrected chi connectivity index (χ1v) is 10.4. The lowest BCUT2D eigenvalue weighted by molar-refractivity contribution is 0.102. The Balaban J connectivity index is 1.77. The van der Waals surface area contributed by atoms with E-state index in [2.05, 4.69) is 39.1 Å². The van der Waals surface area contributed by atoms with Crippen LogP contribution in [0.1, 0.15) is 62.9 Å². The number of hydrogen-bond donors (Lipinski definition) is 2. The monoisotopic (exact) mass is 409 g/mol. The summed E-state index contributed by atoms with van der Waals surface area (Å²) in [6, 6.07) is 12.2. The van der Waals surface area contributed by atoms with Crippen LogP contribution in [0.5, 0.6) is 5.75 Å². The molecule has 3 nitrogen and oxygen atoms in total. The van der Waals surface area contributed by atoms with E-state index >= 15 is 0 Å². The molecule has 152 valence electrons. The number of phenols is 1. The summed E-state index contributed by atoms with van der Waals surface area (Å²) in [6.45, 7) is 9.13. The number of carbonyl (C=O) groups excluding carboxylic acids is 1. The highest BCUT2D eigenvalue weighted by atomic mass is 35.5. The van der Waals surface area contributed by atoms with Gasteiger partial charge in [-0.15, -0.1) is 0 Å². The van der Waals surface area contributed by atoms with Crippen molar-refractivity contribution in [3.8, 4) is 5.75 Å². The van der Waals surface area contributed by atoms with Gasteiger partial charge < -0.3 is 10.4 Å². The summed E-state index contributed by atoms with van der Waals surface area (Å²) in [5.41, 5.74) is 6.82. The number of benzene rings is 2. The first kappa shape index (κ1) is 21.2. The molecule has 3 rings (SSSR count). The van der Waals surface area contributed by atoms with E-state index in [1.807, 2.05) is 24.3 Å². The topological polar surface area (TPSA) is 49.3 Å². The fourth-order valence-corrected chi connectivity index (χ4v) is 4.31. The number of halogens is 1. The van der Waals surface area contributed by atoms with Gasteiger partial charge in [0.15, 0.2) is 0 Å². The van der Waals surface area contributed by atoms with Crippen LogP contribution in [0.25, 0.3) is 6.08 Å². The van der Waals surface area contributed by atoms with Gasteiger partial charge in [0.05, 0.1) is 5.02 Å². The van der Waals surface area contributed by atoms with E-state index < -0.39 is 0 Å². The maximum Gasteiger partial charge on any atom is 0.255 e. The number of phenolic OH excluding ortho intramolecular Hbond substituents is 1. The van der Waals surface area contributed by atoms with Crippen LogP contribution < -0.4 is 5.32 Å². The molecule has 0 spiro atoms. The van der Waals surface area contributed by atoms with Gasteiger partial charge in [0.1, 0.15) is 5.75 Å². The minimum Gasteiger partial charge on any atom is -0.506 e. The maximum absolute atomic E-state index is 12.5. The Morgan fingerprint density at radius 1 is 1.21 bits per heavy atom. The minimum atomic E-state index is -0.213. The van der Waals surface area contributed by atoms with Crippen molar-refractivity contribution in [3.05, 3.63) is 75.3 Å². The number of hydrogen-bond acceptors (Lipinski definition) is 2. The lowest BCUT2D eigenvalue weighted by Gasteiger charge is -2.35. The van der Waals surface area contributed by atoms with E-state index in [9.17, 15) is 9.90 Å². The number of rotatable bonds is 4. The van der Waals surface area contributed by atoms with Crippen LogP contribution in [0.3, 0.4) is 0 Å². The number of amides is 1. The Labute approximate surface area is 178 Å². The van der Waals surface area contributed by atoms with Crippen molar-refractivity contribution in [1.82, 2.24) is 0 Å². The van der Waals surface area contributed by atoms with Crippen molar-refractivity contribution >= 4 is 29.3 Å². The van der Waals surface area contributed by atoms with E-state index in [0.717, 1.165) is 24.8 Å². The van der Waals surface area contributed by atoms with E-state index in [4.69, 9.17) is 11.6 Å². The molecule has 0 aliphatic heterocycles. The third-order valence-corrected chi connectivity index (χ3v) is 6.15. The number of nitrogens with one attached hydrogen (secondary N) is 1. The fourth-order valence-electron chi connectivity index (χ4n) is 4.13. The Bertz CT molecular complexity index is 984. The van der Waals surface area contributed by atoms with Gasteiger partial charge in [-0.3, -0.25) is 4.79 Å². The molecule has 0 saturated carbocycles. The predicted octanol–water partition coefficient (Wildman–Crippen LogP) is 7.23. The number of aromatic hydroxyl groups is 1. The molecule has 0 saturated heterocycles. The normalized spacial score (nSPS) is 17.5. The van der Waals surface area contributed by atoms with Gasteiger partial charge in [-0.2, -0.15) is 0 Å². The molecule has 0 unspecified atom stereocenters. The average Bonchev–Trinajstić information content (AvgIpc) is 2.68. The Kier molecular flexibility index (Phi) is 6.18. The summed E-state index contributed by atoms with van der Waals surface area (Å²) in [5.74, 6) is -0.224. The standard InChI is InChI=1S/C25H28ClNO2/c1-5-21-16(2)19(12-13-25(21,3)4)14-17-6-8-18(9-7-17)24(29)27-20-10-11-23(28)22(26)15-20/h6-11,14-15,28H,5,12-13H2,1-4H3,(H,27,29)/b19-14+. The van der Waals surface area contributed by atoms with Gasteiger partial charge in [-0.25, -0.2) is 0 Å². The average molecular weight is 410 g/mol. The molecule has 0 bridgehead atoms. The van der Waals surface area contributed by atoms with Crippen LogP contribution in [-0.4, -0.2) is 11.0 Å². The van der Waals surface area contributed by atoms with Gasteiger partial charge in [-0.1, -0.05) is 56.2 Å². The second-order valence-corrected chi connectivity index (χ2v) is 8.66. The second-order valence-electron chi connectivity index (χ2n) is 8.25. The lowest BCUT2D eigenvalue weighted by atomic mass is 9.70. The summed E-state index contributed by atoms with van der Waals surface area (Å²) in [5, 5.41) is 12.5. The van der Waals surface area contributed by atoms with Crippen LogP contribution in [0.4, 0.5) is 5.69 Å². The summed E-state index contributed by atoms with van der Waals surface area (Å²) in [6.07, 6.45) is 5.55. The molecule has 2 aromatic carbocycles. The largest absolute Gasteiger partial charge is 0.506 e. The molecular formula is C25H28ClNO2. The molecular weight excluding hydrogens is 382 g/mol. The molecule has 1 amide bonds. The number of anilines is 1. The van der Waals surface area contributed by atoms with Crippen LogP contribution in [0.2, 0.25) is 5.02 Å². The van der Waals surface area contributed by atoms with Crippen LogP contribution >= 0.6 is 11.6 Å². The van der Waals surface area contributed by atoms with Crippen molar-refractivity contribution < 1.29 is 9.90 Å². The minimum absolute atomic E-state index is 0.0104. The molecule has 1 aliphatic carbocycles. The van der Waals surface area contributed by atoms with Crippen molar-refractivity contribution in [2.45, 2.75) is 47.0 Å². The predicted molar refractivity (Wildman–Crippen MR) is 121 cm³/mol. The van der Waals surface area contributed by atoms with Gasteiger partial charge in [0, 0.05) is 11.3 Å². The molecule has 29 heavy (non-hydrogen) atoms. The van der Waals surface area contributed by atoms with E-state index in [1.54, 1.807) is 11.6 Å². The number of allylic oxidation sites excluding steroid dienone is 3. The van der Waals surface area contributed by atoms with Crippen molar-refractivity contribution in [2.75, 3.05) is 5.32 Å². The summed E-state index contributed by atoms with van der Waals surface area (Å²) >= 11 is 5.90. The highest BCUT2D eigenvalue weighted by Crippen LogP contribution is 2.44. The zero-order valence-electron chi connectivity index (χ0n) is 17.5. The van der Waals surface area contributed by atoms with Crippen molar-refractivity contribution in [2.24, 2.45) is 5.41 Å². The van der Waals surface area contributed by atoms with Gasteiger partial charge in [0.2, 0.25) is 0 Å². The lowest BCUT2D eigenvalue weighted by Crippen LogP contribution is -2.21. The summed E-state index contributed by atoms with van der Waals surface area (Å²) < 4.78 is 0. The molecule has 2 N–H and O–H groups in total. The van der Waals surface area contributed by atoms with E-state index in [0.29, 0.717) is 11.3 Å². The second kappa shape index (κ2) is 8.46. The molecule has 0 radical (unpaired) electrons. The zero-order chi connectivity index (χ0) is 21.2.